The maximum Gasteiger partial charge on any atom is 0.271 e. The number of halogens is 2. The number of aryl methyl sites for hydroxylation is 1. The largest absolute Gasteiger partial charge is 0.454 e. The van der Waals surface area contributed by atoms with Crippen LogP contribution in [0.25, 0.3) is 5.69 Å². The van der Waals surface area contributed by atoms with E-state index in [2.05, 4.69) is 15.6 Å². The van der Waals surface area contributed by atoms with Gasteiger partial charge in [0.05, 0.1) is 23.2 Å². The molecule has 2 aromatic carbocycles. The van der Waals surface area contributed by atoms with Crippen molar-refractivity contribution in [2.45, 2.75) is 6.92 Å². The van der Waals surface area contributed by atoms with Gasteiger partial charge in [-0.1, -0.05) is 11.6 Å². The molecule has 7 nitrogen and oxygen atoms in total. The number of benzene rings is 2. The first-order valence-corrected chi connectivity index (χ1v) is 8.65. The number of rotatable bonds is 4. The Morgan fingerprint density at radius 1 is 1.25 bits per heavy atom. The van der Waals surface area contributed by atoms with Crippen molar-refractivity contribution in [2.75, 3.05) is 6.79 Å². The lowest BCUT2D eigenvalue weighted by atomic mass is 10.2. The van der Waals surface area contributed by atoms with Gasteiger partial charge in [0, 0.05) is 5.56 Å². The first kappa shape index (κ1) is 18.0. The molecule has 0 saturated carbocycles. The zero-order valence-electron chi connectivity index (χ0n) is 14.6. The number of nitrogens with zero attached hydrogens (tertiary/aromatic N) is 3. The van der Waals surface area contributed by atoms with Gasteiger partial charge in [-0.3, -0.25) is 4.79 Å². The lowest BCUT2D eigenvalue weighted by Crippen LogP contribution is -2.17. The minimum absolute atomic E-state index is 0.133. The van der Waals surface area contributed by atoms with Crippen molar-refractivity contribution in [3.63, 3.8) is 0 Å². The monoisotopic (exact) mass is 400 g/mol. The van der Waals surface area contributed by atoms with Crippen LogP contribution in [0, 0.1) is 12.7 Å². The fourth-order valence-corrected chi connectivity index (χ4v) is 2.99. The summed E-state index contributed by atoms with van der Waals surface area (Å²) in [5.41, 5.74) is 4.57. The summed E-state index contributed by atoms with van der Waals surface area (Å²) in [4.78, 5) is 12.3. The molecule has 0 radical (unpaired) electrons. The molecule has 2 heterocycles. The van der Waals surface area contributed by atoms with Crippen LogP contribution in [0.5, 0.6) is 11.5 Å². The standard InChI is InChI=1S/C19H14ClFN4O3/c1-11-15(18(20)25(24-11)14-5-3-13(21)4-6-14)9-22-23-19(26)12-2-7-16-17(8-12)28-10-27-16/h2-9H,10H2,1H3,(H,23,26)/b22-9+. The third-order valence-electron chi connectivity index (χ3n) is 4.11. The minimum atomic E-state index is -0.408. The Kier molecular flexibility index (Phi) is 4.70. The van der Waals surface area contributed by atoms with E-state index in [0.717, 1.165) is 0 Å². The van der Waals surface area contributed by atoms with Gasteiger partial charge >= 0.3 is 0 Å². The van der Waals surface area contributed by atoms with Crippen LogP contribution >= 0.6 is 11.6 Å². The molecule has 1 N–H and O–H groups in total. The summed E-state index contributed by atoms with van der Waals surface area (Å²) in [6, 6.07) is 10.6. The third-order valence-corrected chi connectivity index (χ3v) is 4.48. The van der Waals surface area contributed by atoms with E-state index in [1.807, 2.05) is 0 Å². The Morgan fingerprint density at radius 2 is 2.00 bits per heavy atom. The van der Waals surface area contributed by atoms with Gasteiger partial charge in [0.25, 0.3) is 5.91 Å². The zero-order valence-corrected chi connectivity index (χ0v) is 15.4. The van der Waals surface area contributed by atoms with Gasteiger partial charge in [-0.2, -0.15) is 10.2 Å². The summed E-state index contributed by atoms with van der Waals surface area (Å²) >= 11 is 6.37. The van der Waals surface area contributed by atoms with Gasteiger partial charge in [0.15, 0.2) is 11.5 Å². The Balaban J connectivity index is 1.50. The van der Waals surface area contributed by atoms with E-state index < -0.39 is 5.91 Å². The topological polar surface area (TPSA) is 77.7 Å². The molecule has 0 saturated heterocycles. The normalized spacial score (nSPS) is 12.5. The molecule has 1 amide bonds. The Morgan fingerprint density at radius 3 is 2.79 bits per heavy atom. The van der Waals surface area contributed by atoms with E-state index in [1.54, 1.807) is 37.3 Å². The van der Waals surface area contributed by atoms with Crippen LogP contribution in [-0.2, 0) is 0 Å². The van der Waals surface area contributed by atoms with Gasteiger partial charge in [-0.05, 0) is 49.4 Å². The van der Waals surface area contributed by atoms with Gasteiger partial charge < -0.3 is 9.47 Å². The number of hydrogen-bond acceptors (Lipinski definition) is 5. The third kappa shape index (κ3) is 3.41. The molecule has 1 aromatic heterocycles. The molecular weight excluding hydrogens is 387 g/mol. The Labute approximate surface area is 164 Å². The SMILES string of the molecule is Cc1nn(-c2ccc(F)cc2)c(Cl)c1/C=N/NC(=O)c1ccc2c(c1)OCO2. The molecule has 0 atom stereocenters. The molecule has 0 unspecified atom stereocenters. The molecule has 0 spiro atoms. The molecule has 0 fully saturated rings. The summed E-state index contributed by atoms with van der Waals surface area (Å²) in [5.74, 6) is 0.345. The van der Waals surface area contributed by atoms with E-state index in [0.29, 0.717) is 39.2 Å². The molecular formula is C19H14ClFN4O3. The summed E-state index contributed by atoms with van der Waals surface area (Å²) in [5, 5.41) is 8.59. The maximum atomic E-state index is 13.1. The highest BCUT2D eigenvalue weighted by molar-refractivity contribution is 6.32. The first-order valence-electron chi connectivity index (χ1n) is 8.27. The lowest BCUT2D eigenvalue weighted by Gasteiger charge is -2.03. The average Bonchev–Trinajstić information content (AvgIpc) is 3.27. The van der Waals surface area contributed by atoms with Crippen molar-refractivity contribution >= 4 is 23.7 Å². The van der Waals surface area contributed by atoms with E-state index >= 15 is 0 Å². The number of nitrogens with one attached hydrogen (secondary N) is 1. The second-order valence-corrected chi connectivity index (χ2v) is 6.30. The van der Waals surface area contributed by atoms with Crippen molar-refractivity contribution in [3.8, 4) is 17.2 Å². The molecule has 9 heteroatoms. The lowest BCUT2D eigenvalue weighted by molar-refractivity contribution is 0.0954. The highest BCUT2D eigenvalue weighted by Gasteiger charge is 2.16. The quantitative estimate of drug-likeness (QED) is 0.537. The predicted octanol–water partition coefficient (Wildman–Crippen LogP) is 3.47. The molecule has 0 aliphatic carbocycles. The first-order chi connectivity index (χ1) is 13.5. The number of carbonyl (C=O) groups excluding carboxylic acids is 1. The average molecular weight is 401 g/mol. The Bertz CT molecular complexity index is 1080. The Hall–Kier alpha value is -3.39. The van der Waals surface area contributed by atoms with Crippen LogP contribution in [0.4, 0.5) is 4.39 Å². The van der Waals surface area contributed by atoms with Gasteiger partial charge in [-0.25, -0.2) is 14.5 Å². The van der Waals surface area contributed by atoms with E-state index in [-0.39, 0.29) is 12.6 Å². The van der Waals surface area contributed by atoms with Crippen LogP contribution in [0.3, 0.4) is 0 Å². The minimum Gasteiger partial charge on any atom is -0.454 e. The van der Waals surface area contributed by atoms with E-state index in [1.165, 1.54) is 23.0 Å². The fourth-order valence-electron chi connectivity index (χ4n) is 2.67. The molecule has 1 aliphatic rings. The summed E-state index contributed by atoms with van der Waals surface area (Å²) in [6.45, 7) is 1.89. The molecule has 142 valence electrons. The maximum absolute atomic E-state index is 13.1. The van der Waals surface area contributed by atoms with Crippen LogP contribution in [0.2, 0.25) is 5.15 Å². The van der Waals surface area contributed by atoms with Gasteiger partial charge in [0.1, 0.15) is 11.0 Å². The molecule has 28 heavy (non-hydrogen) atoms. The van der Waals surface area contributed by atoms with E-state index in [4.69, 9.17) is 21.1 Å². The number of hydrazone groups is 1. The molecule has 0 bridgehead atoms. The number of fused-ring (bicyclic) bond motifs is 1. The van der Waals surface area contributed by atoms with Gasteiger partial charge in [-0.15, -0.1) is 0 Å². The highest BCUT2D eigenvalue weighted by atomic mass is 35.5. The molecule has 3 aromatic rings. The van der Waals surface area contributed by atoms with Crippen molar-refractivity contribution < 1.29 is 18.7 Å². The van der Waals surface area contributed by atoms with Crippen molar-refractivity contribution in [3.05, 3.63) is 70.3 Å². The van der Waals surface area contributed by atoms with E-state index in [9.17, 15) is 9.18 Å². The second-order valence-electron chi connectivity index (χ2n) is 5.95. The summed E-state index contributed by atoms with van der Waals surface area (Å²) < 4.78 is 25.0. The highest BCUT2D eigenvalue weighted by Crippen LogP contribution is 2.32. The summed E-state index contributed by atoms with van der Waals surface area (Å²) in [7, 11) is 0. The molecule has 4 rings (SSSR count). The number of amides is 1. The zero-order chi connectivity index (χ0) is 19.7. The number of hydrogen-bond donors (Lipinski definition) is 1. The van der Waals surface area contributed by atoms with Crippen LogP contribution in [-0.4, -0.2) is 28.7 Å². The van der Waals surface area contributed by atoms with Crippen molar-refractivity contribution in [1.29, 1.82) is 0 Å². The molecule has 1 aliphatic heterocycles. The predicted molar refractivity (Wildman–Crippen MR) is 101 cm³/mol. The second kappa shape index (κ2) is 7.32. The number of aromatic nitrogens is 2. The van der Waals surface area contributed by atoms with Crippen LogP contribution in [0.1, 0.15) is 21.6 Å². The van der Waals surface area contributed by atoms with Gasteiger partial charge in [0.2, 0.25) is 6.79 Å². The van der Waals surface area contributed by atoms with Crippen molar-refractivity contribution in [2.24, 2.45) is 5.10 Å². The smallest absolute Gasteiger partial charge is 0.271 e. The number of ether oxygens (including phenoxy) is 2. The van der Waals surface area contributed by atoms with Crippen LogP contribution in [0.15, 0.2) is 47.6 Å². The van der Waals surface area contributed by atoms with Crippen LogP contribution < -0.4 is 14.9 Å². The fraction of sp³-hybridized carbons (Fsp3) is 0.105. The van der Waals surface area contributed by atoms with Crippen molar-refractivity contribution in [1.82, 2.24) is 15.2 Å². The summed E-state index contributed by atoms with van der Waals surface area (Å²) in [6.07, 6.45) is 1.41. The number of carbonyl (C=O) groups is 1.